The van der Waals surface area contributed by atoms with Gasteiger partial charge in [0.2, 0.25) is 5.91 Å². The second-order valence-corrected chi connectivity index (χ2v) is 6.15. The molecular formula is C14H21BrClN3O3. The first-order chi connectivity index (χ1) is 10.0. The van der Waals surface area contributed by atoms with E-state index in [0.29, 0.717) is 17.1 Å². The van der Waals surface area contributed by atoms with Crippen LogP contribution in [0.5, 0.6) is 0 Å². The van der Waals surface area contributed by atoms with Gasteiger partial charge in [-0.3, -0.25) is 9.59 Å². The summed E-state index contributed by atoms with van der Waals surface area (Å²) < 4.78 is 5.68. The van der Waals surface area contributed by atoms with Crippen LogP contribution >= 0.6 is 28.3 Å². The number of amides is 2. The summed E-state index contributed by atoms with van der Waals surface area (Å²) in [5.74, 6) is 0.0633. The van der Waals surface area contributed by atoms with Crippen LogP contribution in [-0.2, 0) is 4.79 Å². The van der Waals surface area contributed by atoms with Crippen molar-refractivity contribution in [3.63, 3.8) is 0 Å². The summed E-state index contributed by atoms with van der Waals surface area (Å²) in [7, 11) is 1.58. The standard InChI is InChI=1S/C14H20BrN3O3.ClH/c1-18(14(20)11-5-6-12(15)21-11)8-13(19)17-10-4-2-3-9(10)7-16;/h5-6,9-10H,2-4,7-8,16H2,1H3,(H,17,19);1H. The zero-order valence-corrected chi connectivity index (χ0v) is 14.8. The first kappa shape index (κ1) is 19.0. The Bertz CT molecular complexity index is 523. The summed E-state index contributed by atoms with van der Waals surface area (Å²) in [5, 5.41) is 2.97. The Labute approximate surface area is 144 Å². The van der Waals surface area contributed by atoms with E-state index in [0.717, 1.165) is 19.3 Å². The number of hydrogen-bond donors (Lipinski definition) is 2. The monoisotopic (exact) mass is 393 g/mol. The molecule has 1 saturated carbocycles. The van der Waals surface area contributed by atoms with E-state index in [9.17, 15) is 9.59 Å². The van der Waals surface area contributed by atoms with Crippen LogP contribution < -0.4 is 11.1 Å². The molecule has 0 saturated heterocycles. The van der Waals surface area contributed by atoms with Crippen LogP contribution in [-0.4, -0.2) is 42.9 Å². The summed E-state index contributed by atoms with van der Waals surface area (Å²) in [5.41, 5.74) is 5.70. The molecule has 0 aromatic carbocycles. The van der Waals surface area contributed by atoms with Crippen molar-refractivity contribution in [1.82, 2.24) is 10.2 Å². The molecule has 2 rings (SSSR count). The van der Waals surface area contributed by atoms with Gasteiger partial charge in [0.15, 0.2) is 10.4 Å². The number of furan rings is 1. The first-order valence-electron chi connectivity index (χ1n) is 7.01. The minimum absolute atomic E-state index is 0. The number of rotatable bonds is 5. The van der Waals surface area contributed by atoms with Crippen LogP contribution in [0.2, 0.25) is 0 Å². The molecule has 1 aliphatic rings. The maximum atomic E-state index is 12.1. The Morgan fingerprint density at radius 1 is 1.45 bits per heavy atom. The predicted molar refractivity (Wildman–Crippen MR) is 88.9 cm³/mol. The molecule has 0 radical (unpaired) electrons. The van der Waals surface area contributed by atoms with Crippen molar-refractivity contribution in [3.8, 4) is 0 Å². The van der Waals surface area contributed by atoms with Crippen LogP contribution in [0.3, 0.4) is 0 Å². The fourth-order valence-corrected chi connectivity index (χ4v) is 2.97. The van der Waals surface area contributed by atoms with E-state index < -0.39 is 0 Å². The second kappa shape index (κ2) is 8.55. The number of nitrogens with two attached hydrogens (primary N) is 1. The fraction of sp³-hybridized carbons (Fsp3) is 0.571. The van der Waals surface area contributed by atoms with Crippen molar-refractivity contribution in [3.05, 3.63) is 22.6 Å². The van der Waals surface area contributed by atoms with Gasteiger partial charge in [-0.2, -0.15) is 0 Å². The highest BCUT2D eigenvalue weighted by Gasteiger charge is 2.28. The number of hydrogen-bond acceptors (Lipinski definition) is 4. The summed E-state index contributed by atoms with van der Waals surface area (Å²) in [6.07, 6.45) is 3.09. The van der Waals surface area contributed by atoms with Gasteiger partial charge in [0.25, 0.3) is 5.91 Å². The minimum atomic E-state index is -0.322. The number of carbonyl (C=O) groups excluding carboxylic acids is 2. The molecular weight excluding hydrogens is 374 g/mol. The van der Waals surface area contributed by atoms with E-state index in [-0.39, 0.29) is 42.6 Å². The number of likely N-dealkylation sites (N-methyl/N-ethyl adjacent to an activating group) is 1. The maximum Gasteiger partial charge on any atom is 0.289 e. The SMILES string of the molecule is CN(CC(=O)NC1CCCC1CN)C(=O)c1ccc(Br)o1.Cl. The molecule has 3 N–H and O–H groups in total. The Morgan fingerprint density at radius 2 is 2.18 bits per heavy atom. The van der Waals surface area contributed by atoms with Crippen LogP contribution in [0.1, 0.15) is 29.8 Å². The summed E-state index contributed by atoms with van der Waals surface area (Å²) in [6.45, 7) is 0.588. The highest BCUT2D eigenvalue weighted by molar-refractivity contribution is 9.10. The minimum Gasteiger partial charge on any atom is -0.444 e. The van der Waals surface area contributed by atoms with Gasteiger partial charge in [-0.05, 0) is 53.4 Å². The van der Waals surface area contributed by atoms with Gasteiger partial charge < -0.3 is 20.4 Å². The molecule has 2 amide bonds. The Hall–Kier alpha value is -1.05. The predicted octanol–water partition coefficient (Wildman–Crippen LogP) is 1.78. The highest BCUT2D eigenvalue weighted by Crippen LogP contribution is 2.24. The normalized spacial score (nSPS) is 20.3. The molecule has 1 fully saturated rings. The van der Waals surface area contributed by atoms with Crippen LogP contribution in [0.15, 0.2) is 21.2 Å². The third-order valence-corrected chi connectivity index (χ3v) is 4.25. The van der Waals surface area contributed by atoms with Gasteiger partial charge in [0.05, 0.1) is 6.54 Å². The molecule has 22 heavy (non-hydrogen) atoms. The molecule has 2 atom stereocenters. The molecule has 124 valence electrons. The zero-order valence-electron chi connectivity index (χ0n) is 12.4. The van der Waals surface area contributed by atoms with Crippen molar-refractivity contribution in [2.75, 3.05) is 20.1 Å². The van der Waals surface area contributed by atoms with E-state index in [4.69, 9.17) is 10.2 Å². The first-order valence-corrected chi connectivity index (χ1v) is 7.80. The smallest absolute Gasteiger partial charge is 0.289 e. The lowest BCUT2D eigenvalue weighted by atomic mass is 10.0. The van der Waals surface area contributed by atoms with Crippen LogP contribution in [0.4, 0.5) is 0 Å². The van der Waals surface area contributed by atoms with Gasteiger partial charge in [-0.1, -0.05) is 6.42 Å². The Morgan fingerprint density at radius 3 is 2.77 bits per heavy atom. The third-order valence-electron chi connectivity index (χ3n) is 3.82. The van der Waals surface area contributed by atoms with Crippen molar-refractivity contribution in [1.29, 1.82) is 0 Å². The molecule has 6 nitrogen and oxygen atoms in total. The highest BCUT2D eigenvalue weighted by atomic mass is 79.9. The van der Waals surface area contributed by atoms with Gasteiger partial charge in [0, 0.05) is 13.1 Å². The van der Waals surface area contributed by atoms with Crippen molar-refractivity contribution < 1.29 is 14.0 Å². The number of halogens is 2. The summed E-state index contributed by atoms with van der Waals surface area (Å²) >= 11 is 3.14. The Kier molecular flexibility index (Phi) is 7.38. The number of nitrogens with one attached hydrogen (secondary N) is 1. The third kappa shape index (κ3) is 4.72. The number of nitrogens with zero attached hydrogens (tertiary/aromatic N) is 1. The fourth-order valence-electron chi connectivity index (χ4n) is 2.67. The topological polar surface area (TPSA) is 88.6 Å². The maximum absolute atomic E-state index is 12.1. The summed E-state index contributed by atoms with van der Waals surface area (Å²) in [4.78, 5) is 25.4. The number of carbonyl (C=O) groups is 2. The molecule has 1 aliphatic carbocycles. The Balaban J connectivity index is 0.00000242. The quantitative estimate of drug-likeness (QED) is 0.797. The van der Waals surface area contributed by atoms with E-state index in [1.165, 1.54) is 4.90 Å². The molecule has 1 aromatic heterocycles. The molecule has 0 aliphatic heterocycles. The van der Waals surface area contributed by atoms with E-state index in [1.807, 2.05) is 0 Å². The molecule has 0 spiro atoms. The lowest BCUT2D eigenvalue weighted by molar-refractivity contribution is -0.122. The molecule has 1 heterocycles. The molecule has 1 aromatic rings. The average Bonchev–Trinajstić information content (AvgIpc) is 3.06. The second-order valence-electron chi connectivity index (χ2n) is 5.37. The van der Waals surface area contributed by atoms with Gasteiger partial charge in [-0.25, -0.2) is 0 Å². The molecule has 0 bridgehead atoms. The summed E-state index contributed by atoms with van der Waals surface area (Å²) in [6, 6.07) is 3.34. The van der Waals surface area contributed by atoms with Crippen molar-refractivity contribution in [2.24, 2.45) is 11.7 Å². The van der Waals surface area contributed by atoms with Crippen molar-refractivity contribution in [2.45, 2.75) is 25.3 Å². The van der Waals surface area contributed by atoms with E-state index in [2.05, 4.69) is 21.2 Å². The van der Waals surface area contributed by atoms with Gasteiger partial charge in [-0.15, -0.1) is 12.4 Å². The van der Waals surface area contributed by atoms with Crippen LogP contribution in [0, 0.1) is 5.92 Å². The van der Waals surface area contributed by atoms with E-state index in [1.54, 1.807) is 19.2 Å². The zero-order chi connectivity index (χ0) is 15.4. The molecule has 8 heteroatoms. The van der Waals surface area contributed by atoms with E-state index >= 15 is 0 Å². The van der Waals surface area contributed by atoms with Crippen molar-refractivity contribution >= 4 is 40.2 Å². The van der Waals surface area contributed by atoms with Gasteiger partial charge in [0.1, 0.15) is 0 Å². The average molecular weight is 395 g/mol. The largest absolute Gasteiger partial charge is 0.444 e. The molecule has 2 unspecified atom stereocenters. The lowest BCUT2D eigenvalue weighted by Gasteiger charge is -2.21. The lowest BCUT2D eigenvalue weighted by Crippen LogP contribution is -2.45. The van der Waals surface area contributed by atoms with Crippen LogP contribution in [0.25, 0.3) is 0 Å². The van der Waals surface area contributed by atoms with Gasteiger partial charge >= 0.3 is 0 Å².